The van der Waals surface area contributed by atoms with E-state index in [-0.39, 0.29) is 0 Å². The average Bonchev–Trinajstić information content (AvgIpc) is 2.52. The van der Waals surface area contributed by atoms with Crippen LogP contribution in [0, 0.1) is 23.2 Å². The average molecular weight is 303 g/mol. The Morgan fingerprint density at radius 3 is 2.41 bits per heavy atom. The smallest absolute Gasteiger partial charge is 0.115 e. The quantitative estimate of drug-likeness (QED) is 0.440. The first-order valence-electron chi connectivity index (χ1n) is 9.56. The Morgan fingerprint density at radius 2 is 1.73 bits per heavy atom. The van der Waals surface area contributed by atoms with Crippen LogP contribution in [0.2, 0.25) is 0 Å². The molecule has 2 bridgehead atoms. The third-order valence-corrected chi connectivity index (χ3v) is 7.02. The van der Waals surface area contributed by atoms with Crippen LogP contribution in [0.3, 0.4) is 0 Å². The number of fused-ring (bicyclic) bond motifs is 3. The van der Waals surface area contributed by atoms with Crippen molar-refractivity contribution in [1.29, 1.82) is 0 Å². The van der Waals surface area contributed by atoms with Crippen LogP contribution in [-0.4, -0.2) is 6.10 Å². The summed E-state index contributed by atoms with van der Waals surface area (Å²) >= 11 is 0. The Hall–Kier alpha value is -0.720. The van der Waals surface area contributed by atoms with Crippen LogP contribution >= 0.6 is 0 Å². The molecule has 0 heterocycles. The zero-order valence-electron chi connectivity index (χ0n) is 14.7. The number of allylic oxidation sites excluding steroid dienone is 1. The van der Waals surface area contributed by atoms with Crippen LogP contribution < -0.4 is 0 Å². The minimum Gasteiger partial charge on any atom is -0.491 e. The van der Waals surface area contributed by atoms with Crippen molar-refractivity contribution < 1.29 is 4.74 Å². The van der Waals surface area contributed by atoms with Gasteiger partial charge in [0, 0.05) is 0 Å². The number of hydrogen-bond acceptors (Lipinski definition) is 1. The van der Waals surface area contributed by atoms with Gasteiger partial charge in [0.1, 0.15) is 5.76 Å². The molecule has 3 unspecified atom stereocenters. The molecule has 3 rings (SSSR count). The van der Waals surface area contributed by atoms with E-state index in [0.29, 0.717) is 11.5 Å². The highest BCUT2D eigenvalue weighted by Crippen LogP contribution is 2.58. The molecule has 3 fully saturated rings. The lowest BCUT2D eigenvalue weighted by molar-refractivity contribution is -0.0510. The summed E-state index contributed by atoms with van der Waals surface area (Å²) in [5.41, 5.74) is 1.72. The fraction of sp³-hybridized carbons (Fsp3) is 0.810. The van der Waals surface area contributed by atoms with Gasteiger partial charge in [0.15, 0.2) is 0 Å². The second-order valence-electron chi connectivity index (χ2n) is 8.47. The normalized spacial score (nSPS) is 41.2. The second-order valence-corrected chi connectivity index (χ2v) is 8.47. The van der Waals surface area contributed by atoms with Gasteiger partial charge < -0.3 is 4.74 Å². The Morgan fingerprint density at radius 1 is 1.05 bits per heavy atom. The fourth-order valence-corrected chi connectivity index (χ4v) is 5.60. The zero-order valence-corrected chi connectivity index (χ0v) is 14.7. The van der Waals surface area contributed by atoms with Gasteiger partial charge in [-0.1, -0.05) is 27.0 Å². The van der Waals surface area contributed by atoms with Gasteiger partial charge in [-0.05, 0) is 93.0 Å². The molecule has 0 saturated heterocycles. The molecule has 0 aliphatic heterocycles. The van der Waals surface area contributed by atoms with Crippen molar-refractivity contribution in [2.24, 2.45) is 23.2 Å². The molecule has 1 spiro atoms. The Bertz CT molecular complexity index is 425. The van der Waals surface area contributed by atoms with E-state index in [2.05, 4.69) is 27.0 Å². The molecule has 3 atom stereocenters. The second kappa shape index (κ2) is 6.42. The number of ether oxygens (including phenoxy) is 1. The van der Waals surface area contributed by atoms with E-state index in [1.807, 2.05) is 0 Å². The maximum absolute atomic E-state index is 6.11. The minimum atomic E-state index is 0.389. The maximum Gasteiger partial charge on any atom is 0.115 e. The van der Waals surface area contributed by atoms with Gasteiger partial charge >= 0.3 is 0 Å². The summed E-state index contributed by atoms with van der Waals surface area (Å²) in [4.78, 5) is 0. The van der Waals surface area contributed by atoms with Crippen LogP contribution in [0.1, 0.15) is 78.1 Å². The van der Waals surface area contributed by atoms with E-state index < -0.39 is 0 Å². The first-order chi connectivity index (χ1) is 10.5. The molecular weight excluding hydrogens is 268 g/mol. The first kappa shape index (κ1) is 16.1. The van der Waals surface area contributed by atoms with E-state index in [9.17, 15) is 0 Å². The summed E-state index contributed by atoms with van der Waals surface area (Å²) in [6, 6.07) is 0. The van der Waals surface area contributed by atoms with E-state index in [0.717, 1.165) is 35.5 Å². The van der Waals surface area contributed by atoms with E-state index >= 15 is 0 Å². The number of hydrogen-bond donors (Lipinski definition) is 0. The molecule has 0 aromatic heterocycles. The summed E-state index contributed by atoms with van der Waals surface area (Å²) in [7, 11) is 0. The van der Waals surface area contributed by atoms with Crippen molar-refractivity contribution >= 4 is 0 Å². The van der Waals surface area contributed by atoms with Crippen LogP contribution in [0.15, 0.2) is 24.5 Å². The molecule has 3 saturated carbocycles. The lowest BCUT2D eigenvalue weighted by atomic mass is 9.52. The van der Waals surface area contributed by atoms with Crippen molar-refractivity contribution in [2.75, 3.05) is 0 Å². The van der Waals surface area contributed by atoms with Crippen LogP contribution in [-0.2, 0) is 4.74 Å². The van der Waals surface area contributed by atoms with E-state index in [1.165, 1.54) is 57.8 Å². The molecule has 0 radical (unpaired) electrons. The van der Waals surface area contributed by atoms with Gasteiger partial charge in [-0.2, -0.15) is 0 Å². The largest absolute Gasteiger partial charge is 0.491 e. The molecule has 3 aliphatic carbocycles. The first-order valence-corrected chi connectivity index (χ1v) is 9.56. The van der Waals surface area contributed by atoms with Crippen molar-refractivity contribution in [3.8, 4) is 0 Å². The van der Waals surface area contributed by atoms with Gasteiger partial charge in [-0.3, -0.25) is 0 Å². The van der Waals surface area contributed by atoms with E-state index in [1.54, 1.807) is 0 Å². The predicted octanol–water partition coefficient (Wildman–Crippen LogP) is 6.26. The molecule has 0 amide bonds. The summed E-state index contributed by atoms with van der Waals surface area (Å²) in [5.74, 6) is 3.84. The topological polar surface area (TPSA) is 9.23 Å². The fourth-order valence-electron chi connectivity index (χ4n) is 5.60. The van der Waals surface area contributed by atoms with Gasteiger partial charge in [-0.15, -0.1) is 0 Å². The van der Waals surface area contributed by atoms with Gasteiger partial charge in [0.05, 0.1) is 6.10 Å². The van der Waals surface area contributed by atoms with Crippen LogP contribution in [0.25, 0.3) is 0 Å². The van der Waals surface area contributed by atoms with Crippen LogP contribution in [0.5, 0.6) is 0 Å². The summed E-state index contributed by atoms with van der Waals surface area (Å²) < 4.78 is 6.11. The van der Waals surface area contributed by atoms with Crippen LogP contribution in [0.4, 0.5) is 0 Å². The summed E-state index contributed by atoms with van der Waals surface area (Å²) in [6.07, 6.45) is 14.0. The zero-order chi connectivity index (χ0) is 15.7. The van der Waals surface area contributed by atoms with Crippen molar-refractivity contribution in [2.45, 2.75) is 84.2 Å². The predicted molar refractivity (Wildman–Crippen MR) is 93.6 cm³/mol. The Labute approximate surface area is 137 Å². The SMILES string of the molecule is C=C(CC)C(=C)OC1CCC2(CCC3CC(C)CC2C3)CC1. The van der Waals surface area contributed by atoms with Gasteiger partial charge in [-0.25, -0.2) is 0 Å². The third-order valence-electron chi connectivity index (χ3n) is 7.02. The molecule has 124 valence electrons. The highest BCUT2D eigenvalue weighted by atomic mass is 16.5. The van der Waals surface area contributed by atoms with Gasteiger partial charge in [0.2, 0.25) is 0 Å². The third kappa shape index (κ3) is 3.14. The molecule has 0 aromatic carbocycles. The standard InChI is InChI=1S/C21H34O/c1-5-16(3)17(4)22-20-7-10-21(11-8-20)9-6-18-12-15(2)13-19(21)14-18/h15,18-20H,3-14H2,1-2H3. The van der Waals surface area contributed by atoms with Crippen molar-refractivity contribution in [3.05, 3.63) is 24.5 Å². The molecule has 22 heavy (non-hydrogen) atoms. The van der Waals surface area contributed by atoms with E-state index in [4.69, 9.17) is 4.74 Å². The Balaban J connectivity index is 1.57. The molecular formula is C21H34O. The summed E-state index contributed by atoms with van der Waals surface area (Å²) in [6.45, 7) is 12.7. The monoisotopic (exact) mass is 302 g/mol. The molecule has 3 aliphatic rings. The molecule has 1 heteroatoms. The summed E-state index contributed by atoms with van der Waals surface area (Å²) in [5, 5.41) is 0. The van der Waals surface area contributed by atoms with Crippen molar-refractivity contribution in [3.63, 3.8) is 0 Å². The maximum atomic E-state index is 6.11. The number of rotatable bonds is 4. The lowest BCUT2D eigenvalue weighted by Crippen LogP contribution is -2.44. The van der Waals surface area contributed by atoms with Crippen molar-refractivity contribution in [1.82, 2.24) is 0 Å². The molecule has 0 aromatic rings. The Kier molecular flexibility index (Phi) is 4.71. The van der Waals surface area contributed by atoms with Gasteiger partial charge in [0.25, 0.3) is 0 Å². The highest BCUT2D eigenvalue weighted by molar-refractivity contribution is 5.18. The molecule has 1 nitrogen and oxygen atoms in total. The minimum absolute atomic E-state index is 0.389. The molecule has 0 N–H and O–H groups in total. The highest BCUT2D eigenvalue weighted by Gasteiger charge is 2.47. The lowest BCUT2D eigenvalue weighted by Gasteiger charge is -2.54.